The normalized spacial score (nSPS) is 13.9. The second-order valence-corrected chi connectivity index (χ2v) is 5.15. The summed E-state index contributed by atoms with van der Waals surface area (Å²) in [4.78, 5) is 0. The maximum Gasteiger partial charge on any atom is 0.119 e. The lowest BCUT2D eigenvalue weighted by atomic mass is 10.1. The van der Waals surface area contributed by atoms with E-state index in [4.69, 9.17) is 9.47 Å². The van der Waals surface area contributed by atoms with Gasteiger partial charge >= 0.3 is 0 Å². The highest BCUT2D eigenvalue weighted by molar-refractivity contribution is 5.28. The van der Waals surface area contributed by atoms with E-state index in [0.717, 1.165) is 37.0 Å². The molecular formula is C17H28O4. The number of hydrogen-bond donors (Lipinski definition) is 2. The third kappa shape index (κ3) is 6.93. The Kier molecular flexibility index (Phi) is 9.06. The summed E-state index contributed by atoms with van der Waals surface area (Å²) in [5.74, 6) is 0.794. The third-order valence-corrected chi connectivity index (χ3v) is 3.40. The Labute approximate surface area is 127 Å². The number of aliphatic hydroxyl groups is 2. The maximum absolute atomic E-state index is 10.1. The van der Waals surface area contributed by atoms with Crippen LogP contribution in [-0.2, 0) is 4.74 Å². The highest BCUT2D eigenvalue weighted by Crippen LogP contribution is 2.19. The van der Waals surface area contributed by atoms with Crippen molar-refractivity contribution >= 4 is 0 Å². The Balaban J connectivity index is 2.38. The predicted molar refractivity (Wildman–Crippen MR) is 83.5 cm³/mol. The number of ether oxygens (including phenoxy) is 2. The van der Waals surface area contributed by atoms with Crippen LogP contribution in [0.4, 0.5) is 0 Å². The van der Waals surface area contributed by atoms with Gasteiger partial charge < -0.3 is 19.7 Å². The summed E-state index contributed by atoms with van der Waals surface area (Å²) in [7, 11) is 0. The number of hydrogen-bond acceptors (Lipinski definition) is 4. The zero-order valence-corrected chi connectivity index (χ0v) is 13.1. The quantitative estimate of drug-likeness (QED) is 0.616. The van der Waals surface area contributed by atoms with Crippen molar-refractivity contribution in [3.8, 4) is 5.75 Å². The molecule has 0 fully saturated rings. The first-order valence-electron chi connectivity index (χ1n) is 7.84. The van der Waals surface area contributed by atoms with Crippen molar-refractivity contribution in [2.45, 2.75) is 51.7 Å². The van der Waals surface area contributed by atoms with Crippen molar-refractivity contribution in [1.82, 2.24) is 0 Å². The van der Waals surface area contributed by atoms with E-state index in [2.05, 4.69) is 6.92 Å². The van der Waals surface area contributed by atoms with Crippen molar-refractivity contribution in [3.63, 3.8) is 0 Å². The lowest BCUT2D eigenvalue weighted by Crippen LogP contribution is -2.21. The molecule has 0 bridgehead atoms. The second kappa shape index (κ2) is 10.6. The molecule has 0 radical (unpaired) electrons. The monoisotopic (exact) mass is 296 g/mol. The van der Waals surface area contributed by atoms with Crippen LogP contribution in [0, 0.1) is 0 Å². The number of unbranched alkanes of at least 4 members (excludes halogenated alkanes) is 2. The van der Waals surface area contributed by atoms with Crippen LogP contribution in [0.1, 0.15) is 51.2 Å². The molecule has 0 aliphatic rings. The molecule has 2 atom stereocenters. The van der Waals surface area contributed by atoms with Gasteiger partial charge in [0.25, 0.3) is 0 Å². The number of rotatable bonds is 11. The van der Waals surface area contributed by atoms with Gasteiger partial charge in [-0.25, -0.2) is 0 Å². The molecule has 0 saturated carbocycles. The van der Waals surface area contributed by atoms with Crippen LogP contribution in [0.3, 0.4) is 0 Å². The van der Waals surface area contributed by atoms with E-state index >= 15 is 0 Å². The molecule has 1 aromatic carbocycles. The minimum absolute atomic E-state index is 0.000286. The molecule has 0 saturated heterocycles. The van der Waals surface area contributed by atoms with Crippen molar-refractivity contribution < 1.29 is 19.7 Å². The SMILES string of the molecule is CCCCCC(CO)OCC(O)c1ccc(OCC)cc1. The van der Waals surface area contributed by atoms with Gasteiger partial charge in [0.05, 0.1) is 25.9 Å². The van der Waals surface area contributed by atoms with Crippen molar-refractivity contribution in [2.75, 3.05) is 19.8 Å². The maximum atomic E-state index is 10.1. The van der Waals surface area contributed by atoms with E-state index in [0.29, 0.717) is 6.61 Å². The smallest absolute Gasteiger partial charge is 0.119 e. The Morgan fingerprint density at radius 2 is 1.81 bits per heavy atom. The molecule has 1 rings (SSSR count). The Morgan fingerprint density at radius 3 is 2.38 bits per heavy atom. The molecule has 0 aliphatic carbocycles. The molecule has 1 aromatic rings. The standard InChI is InChI=1S/C17H28O4/c1-3-5-6-7-16(12-18)21-13-17(19)14-8-10-15(11-9-14)20-4-2/h8-11,16-19H,3-7,12-13H2,1-2H3. The zero-order valence-electron chi connectivity index (χ0n) is 13.1. The Hall–Kier alpha value is -1.10. The minimum Gasteiger partial charge on any atom is -0.494 e. The van der Waals surface area contributed by atoms with Gasteiger partial charge in [0.2, 0.25) is 0 Å². The molecule has 0 aromatic heterocycles. The van der Waals surface area contributed by atoms with E-state index < -0.39 is 6.10 Å². The lowest BCUT2D eigenvalue weighted by Gasteiger charge is -2.18. The van der Waals surface area contributed by atoms with Gasteiger partial charge in [-0.2, -0.15) is 0 Å². The summed E-state index contributed by atoms with van der Waals surface area (Å²) in [6, 6.07) is 7.35. The van der Waals surface area contributed by atoms with E-state index in [1.165, 1.54) is 0 Å². The van der Waals surface area contributed by atoms with Crippen LogP contribution in [0.15, 0.2) is 24.3 Å². The van der Waals surface area contributed by atoms with Crippen molar-refractivity contribution in [1.29, 1.82) is 0 Å². The molecule has 21 heavy (non-hydrogen) atoms. The molecule has 0 aliphatic heterocycles. The van der Waals surface area contributed by atoms with Gasteiger partial charge in [-0.15, -0.1) is 0 Å². The highest BCUT2D eigenvalue weighted by Gasteiger charge is 2.13. The number of aliphatic hydroxyl groups excluding tert-OH is 2. The van der Waals surface area contributed by atoms with Crippen LogP contribution in [0.2, 0.25) is 0 Å². The molecule has 4 heteroatoms. The van der Waals surface area contributed by atoms with E-state index in [1.807, 2.05) is 31.2 Å². The van der Waals surface area contributed by atoms with Gasteiger partial charge in [0.1, 0.15) is 11.9 Å². The first-order valence-corrected chi connectivity index (χ1v) is 7.84. The minimum atomic E-state index is -0.680. The van der Waals surface area contributed by atoms with Crippen molar-refractivity contribution in [3.05, 3.63) is 29.8 Å². The van der Waals surface area contributed by atoms with Crippen LogP contribution >= 0.6 is 0 Å². The van der Waals surface area contributed by atoms with E-state index in [9.17, 15) is 10.2 Å². The average Bonchev–Trinajstić information content (AvgIpc) is 2.51. The molecule has 120 valence electrons. The first-order chi connectivity index (χ1) is 10.2. The highest BCUT2D eigenvalue weighted by atomic mass is 16.5. The molecule has 0 heterocycles. The fraction of sp³-hybridized carbons (Fsp3) is 0.647. The van der Waals surface area contributed by atoms with Crippen LogP contribution in [0.5, 0.6) is 5.75 Å². The fourth-order valence-electron chi connectivity index (χ4n) is 2.13. The topological polar surface area (TPSA) is 58.9 Å². The summed E-state index contributed by atoms with van der Waals surface area (Å²) in [6.07, 6.45) is 3.30. The van der Waals surface area contributed by atoms with Crippen LogP contribution in [-0.4, -0.2) is 36.1 Å². The summed E-state index contributed by atoms with van der Waals surface area (Å²) >= 11 is 0. The summed E-state index contributed by atoms with van der Waals surface area (Å²) < 4.78 is 11.0. The van der Waals surface area contributed by atoms with Crippen LogP contribution in [0.25, 0.3) is 0 Å². The molecule has 4 nitrogen and oxygen atoms in total. The molecule has 0 amide bonds. The lowest BCUT2D eigenvalue weighted by molar-refractivity contribution is -0.0367. The van der Waals surface area contributed by atoms with Gasteiger partial charge in [-0.05, 0) is 31.0 Å². The van der Waals surface area contributed by atoms with Crippen molar-refractivity contribution in [2.24, 2.45) is 0 Å². The van der Waals surface area contributed by atoms with Gasteiger partial charge in [-0.3, -0.25) is 0 Å². The molecular weight excluding hydrogens is 268 g/mol. The second-order valence-electron chi connectivity index (χ2n) is 5.15. The molecule has 0 spiro atoms. The summed E-state index contributed by atoms with van der Waals surface area (Å²) in [5, 5.41) is 19.4. The number of benzene rings is 1. The summed E-state index contributed by atoms with van der Waals surface area (Å²) in [5.41, 5.74) is 0.795. The van der Waals surface area contributed by atoms with Gasteiger partial charge in [0, 0.05) is 0 Å². The largest absolute Gasteiger partial charge is 0.494 e. The zero-order chi connectivity index (χ0) is 15.5. The molecule has 2 unspecified atom stereocenters. The van der Waals surface area contributed by atoms with E-state index in [-0.39, 0.29) is 19.3 Å². The fourth-order valence-corrected chi connectivity index (χ4v) is 2.13. The summed E-state index contributed by atoms with van der Waals surface area (Å²) in [6.45, 7) is 4.90. The first kappa shape index (κ1) is 18.0. The van der Waals surface area contributed by atoms with Crippen LogP contribution < -0.4 is 4.74 Å². The third-order valence-electron chi connectivity index (χ3n) is 3.40. The van der Waals surface area contributed by atoms with Gasteiger partial charge in [-0.1, -0.05) is 38.3 Å². The van der Waals surface area contributed by atoms with Gasteiger partial charge in [0.15, 0.2) is 0 Å². The predicted octanol–water partition coefficient (Wildman–Crippen LogP) is 3.08. The van der Waals surface area contributed by atoms with E-state index in [1.54, 1.807) is 0 Å². The molecule has 2 N–H and O–H groups in total. The Morgan fingerprint density at radius 1 is 1.10 bits per heavy atom. The average molecular weight is 296 g/mol. The Bertz CT molecular complexity index is 364.